The van der Waals surface area contributed by atoms with Crippen molar-refractivity contribution < 1.29 is 23.0 Å². The van der Waals surface area contributed by atoms with Crippen LogP contribution in [0.3, 0.4) is 0 Å². The van der Waals surface area contributed by atoms with Crippen LogP contribution in [0.15, 0.2) is 36.5 Å². The quantitative estimate of drug-likeness (QED) is 0.782. The molecule has 0 radical (unpaired) electrons. The van der Waals surface area contributed by atoms with Crippen LogP contribution in [0, 0.1) is 0 Å². The van der Waals surface area contributed by atoms with E-state index in [0.29, 0.717) is 0 Å². The highest BCUT2D eigenvalue weighted by Gasteiger charge is 2.47. The maximum atomic E-state index is 14.4. The minimum Gasteiger partial charge on any atom is -0.479 e. The molecule has 1 fully saturated rings. The number of aromatic nitrogens is 2. The van der Waals surface area contributed by atoms with Gasteiger partial charge in [-0.15, -0.1) is 0 Å². The molecule has 1 aromatic carbocycles. The van der Waals surface area contributed by atoms with Crippen molar-refractivity contribution in [2.45, 2.75) is 24.9 Å². The first kappa shape index (κ1) is 19.3. The number of ether oxygens (including phenoxy) is 2. The lowest BCUT2D eigenvalue weighted by Crippen LogP contribution is -2.48. The summed E-state index contributed by atoms with van der Waals surface area (Å²) in [6, 6.07) is 9.13. The highest BCUT2D eigenvalue weighted by Crippen LogP contribution is 2.40. The van der Waals surface area contributed by atoms with Gasteiger partial charge in [0.05, 0.1) is 24.9 Å². The summed E-state index contributed by atoms with van der Waals surface area (Å²) in [5.41, 5.74) is 0.823. The van der Waals surface area contributed by atoms with Crippen LogP contribution in [0.2, 0.25) is 5.15 Å². The van der Waals surface area contributed by atoms with Crippen LogP contribution in [0.5, 0.6) is 5.88 Å². The summed E-state index contributed by atoms with van der Waals surface area (Å²) < 4.78 is 39.0. The van der Waals surface area contributed by atoms with Crippen LogP contribution in [-0.4, -0.2) is 47.1 Å². The maximum Gasteiger partial charge on any atom is 0.410 e. The molecule has 1 aliphatic rings. The fourth-order valence-corrected chi connectivity index (χ4v) is 3.09. The average Bonchev–Trinajstić information content (AvgIpc) is 2.66. The molecule has 2 heterocycles. The van der Waals surface area contributed by atoms with Crippen molar-refractivity contribution in [3.63, 3.8) is 0 Å². The molecule has 1 amide bonds. The van der Waals surface area contributed by atoms with Gasteiger partial charge in [0, 0.05) is 19.5 Å². The number of benzene rings is 1. The van der Waals surface area contributed by atoms with Crippen LogP contribution < -0.4 is 4.74 Å². The molecule has 0 bridgehead atoms. The van der Waals surface area contributed by atoms with E-state index in [1.54, 1.807) is 0 Å². The zero-order valence-electron chi connectivity index (χ0n) is 14.6. The first-order chi connectivity index (χ1) is 12.9. The fraction of sp³-hybridized carbons (Fsp3) is 0.389. The Kier molecular flexibility index (Phi) is 5.74. The molecule has 0 aliphatic carbocycles. The summed E-state index contributed by atoms with van der Waals surface area (Å²) >= 11 is 5.91. The summed E-state index contributed by atoms with van der Waals surface area (Å²) in [6.45, 7) is -0.266. The predicted octanol–water partition coefficient (Wildman–Crippen LogP) is 3.90. The largest absolute Gasteiger partial charge is 0.479 e. The number of hydrogen-bond acceptors (Lipinski definition) is 5. The zero-order valence-corrected chi connectivity index (χ0v) is 15.3. The second-order valence-electron chi connectivity index (χ2n) is 6.14. The number of amides is 1. The summed E-state index contributed by atoms with van der Waals surface area (Å²) in [5, 5.41) is -0.102. The third-order valence-electron chi connectivity index (χ3n) is 4.36. The summed E-state index contributed by atoms with van der Waals surface area (Å²) in [7, 11) is 1.36. The maximum absolute atomic E-state index is 14.4. The number of hydrogen-bond donors (Lipinski definition) is 0. The second-order valence-corrected chi connectivity index (χ2v) is 6.50. The number of methoxy groups -OCH3 is 1. The van der Waals surface area contributed by atoms with E-state index < -0.39 is 24.4 Å². The van der Waals surface area contributed by atoms with Crippen molar-refractivity contribution in [2.75, 3.05) is 20.2 Å². The number of piperidine rings is 1. The van der Waals surface area contributed by atoms with E-state index in [4.69, 9.17) is 21.1 Å². The Morgan fingerprint density at radius 3 is 2.78 bits per heavy atom. The van der Waals surface area contributed by atoms with Crippen LogP contribution in [0.1, 0.15) is 23.6 Å². The van der Waals surface area contributed by atoms with Gasteiger partial charge in [0.1, 0.15) is 6.61 Å². The molecule has 27 heavy (non-hydrogen) atoms. The van der Waals surface area contributed by atoms with Crippen LogP contribution >= 0.6 is 11.6 Å². The number of rotatable bonds is 4. The lowest BCUT2D eigenvalue weighted by Gasteiger charge is -2.37. The molecule has 1 aromatic heterocycles. The van der Waals surface area contributed by atoms with Gasteiger partial charge in [-0.3, -0.25) is 0 Å². The molecule has 1 unspecified atom stereocenters. The van der Waals surface area contributed by atoms with Gasteiger partial charge in [0.25, 0.3) is 11.8 Å². The van der Waals surface area contributed by atoms with Gasteiger partial charge in [-0.05, 0) is 5.56 Å². The van der Waals surface area contributed by atoms with Gasteiger partial charge in [-0.2, -0.15) is 0 Å². The molecule has 0 saturated carbocycles. The smallest absolute Gasteiger partial charge is 0.410 e. The lowest BCUT2D eigenvalue weighted by molar-refractivity contribution is -0.0740. The molecule has 0 spiro atoms. The highest BCUT2D eigenvalue weighted by atomic mass is 35.5. The van der Waals surface area contributed by atoms with Gasteiger partial charge in [0.15, 0.2) is 5.15 Å². The van der Waals surface area contributed by atoms with E-state index >= 15 is 0 Å². The Morgan fingerprint density at radius 2 is 2.11 bits per heavy atom. The first-order valence-corrected chi connectivity index (χ1v) is 8.68. The van der Waals surface area contributed by atoms with E-state index in [1.807, 2.05) is 30.3 Å². The zero-order chi connectivity index (χ0) is 19.4. The molecule has 6 nitrogen and oxygen atoms in total. The molecule has 2 aromatic rings. The van der Waals surface area contributed by atoms with E-state index in [-0.39, 0.29) is 36.4 Å². The van der Waals surface area contributed by atoms with Gasteiger partial charge in [0.2, 0.25) is 0 Å². The Bertz CT molecular complexity index is 808. The van der Waals surface area contributed by atoms with Crippen molar-refractivity contribution in [1.82, 2.24) is 14.9 Å². The summed E-state index contributed by atoms with van der Waals surface area (Å²) in [5.74, 6) is -4.31. The van der Waals surface area contributed by atoms with E-state index in [0.717, 1.165) is 5.56 Å². The molecular weight excluding hydrogens is 380 g/mol. The van der Waals surface area contributed by atoms with Gasteiger partial charge in [-0.1, -0.05) is 41.9 Å². The summed E-state index contributed by atoms with van der Waals surface area (Å²) in [6.07, 6.45) is 0.0536. The standard InChI is InChI=1S/C18H18ClF2N3O3/c1-26-16-15(19)23-14(9-22-16)13-10-24(8-7-18(13,20)21)17(25)27-11-12-5-3-2-4-6-12/h2-6,9,13H,7-8,10-11H2,1H3. The first-order valence-electron chi connectivity index (χ1n) is 8.30. The monoisotopic (exact) mass is 397 g/mol. The number of carbonyl (C=O) groups is 1. The van der Waals surface area contributed by atoms with E-state index in [9.17, 15) is 13.6 Å². The van der Waals surface area contributed by atoms with Crippen LogP contribution in [0.4, 0.5) is 13.6 Å². The SMILES string of the molecule is COc1ncc(C2CN(C(=O)OCc3ccccc3)CCC2(F)F)nc1Cl. The summed E-state index contributed by atoms with van der Waals surface area (Å²) in [4.78, 5) is 21.4. The second kappa shape index (κ2) is 8.04. The number of halogens is 3. The molecular formula is C18H18ClF2N3O3. The fourth-order valence-electron chi connectivity index (χ4n) is 2.86. The Labute approximate surface area is 160 Å². The minimum atomic E-state index is -3.04. The van der Waals surface area contributed by atoms with E-state index in [2.05, 4.69) is 9.97 Å². The number of nitrogens with zero attached hydrogens (tertiary/aromatic N) is 3. The van der Waals surface area contributed by atoms with Gasteiger partial charge in [-0.25, -0.2) is 23.5 Å². The Morgan fingerprint density at radius 1 is 1.37 bits per heavy atom. The third kappa shape index (κ3) is 4.44. The molecule has 3 rings (SSSR count). The van der Waals surface area contributed by atoms with Crippen LogP contribution in [0.25, 0.3) is 0 Å². The number of likely N-dealkylation sites (tertiary alicyclic amines) is 1. The molecule has 1 saturated heterocycles. The minimum absolute atomic E-state index is 0.00589. The third-order valence-corrected chi connectivity index (χ3v) is 4.61. The molecule has 144 valence electrons. The number of carbonyl (C=O) groups excluding carboxylic acids is 1. The molecule has 9 heteroatoms. The average molecular weight is 398 g/mol. The molecule has 1 aliphatic heterocycles. The van der Waals surface area contributed by atoms with Crippen molar-refractivity contribution >= 4 is 17.7 Å². The lowest BCUT2D eigenvalue weighted by atomic mass is 9.91. The van der Waals surface area contributed by atoms with Crippen molar-refractivity contribution in [2.24, 2.45) is 0 Å². The van der Waals surface area contributed by atoms with Gasteiger partial charge >= 0.3 is 6.09 Å². The van der Waals surface area contributed by atoms with Gasteiger partial charge < -0.3 is 14.4 Å². The number of alkyl halides is 2. The predicted molar refractivity (Wildman–Crippen MR) is 94.1 cm³/mol. The molecule has 0 N–H and O–H groups in total. The Hall–Kier alpha value is -2.48. The van der Waals surface area contributed by atoms with Crippen molar-refractivity contribution in [3.8, 4) is 5.88 Å². The van der Waals surface area contributed by atoms with Crippen molar-refractivity contribution in [3.05, 3.63) is 52.9 Å². The normalized spacial score (nSPS) is 18.8. The highest BCUT2D eigenvalue weighted by molar-refractivity contribution is 6.30. The Balaban J connectivity index is 1.71. The molecule has 1 atom stereocenters. The van der Waals surface area contributed by atoms with Crippen LogP contribution in [-0.2, 0) is 11.3 Å². The van der Waals surface area contributed by atoms with E-state index in [1.165, 1.54) is 18.2 Å². The van der Waals surface area contributed by atoms with Crippen molar-refractivity contribution in [1.29, 1.82) is 0 Å². The topological polar surface area (TPSA) is 64.5 Å².